The molecule has 0 heterocycles. The van der Waals surface area contributed by atoms with Crippen LogP contribution in [-0.2, 0) is 14.3 Å². The molecule has 0 spiro atoms. The van der Waals surface area contributed by atoms with Gasteiger partial charge in [0.1, 0.15) is 12.1 Å². The van der Waals surface area contributed by atoms with Crippen LogP contribution in [0.25, 0.3) is 4.91 Å². The second-order valence-electron chi connectivity index (χ2n) is 8.11. The van der Waals surface area contributed by atoms with Gasteiger partial charge >= 0.3 is 0 Å². The maximum Gasteiger partial charge on any atom is 0.255 e. The van der Waals surface area contributed by atoms with Crippen LogP contribution in [0.15, 0.2) is 102 Å². The Hall–Kier alpha value is -3.66. The highest BCUT2D eigenvalue weighted by molar-refractivity contribution is 8.10. The highest BCUT2D eigenvalue weighted by Crippen LogP contribution is 2.26. The summed E-state index contributed by atoms with van der Waals surface area (Å²) in [5, 5.41) is 6.39. The number of aliphatic imine (C=N–C) groups is 1. The Morgan fingerprint density at radius 3 is 1.98 bits per heavy atom. The quantitative estimate of drug-likeness (QED) is 0.0998. The summed E-state index contributed by atoms with van der Waals surface area (Å²) in [6.07, 6.45) is 8.78. The number of thioether (sulfide) groups is 2. The van der Waals surface area contributed by atoms with E-state index in [9.17, 15) is 14.4 Å². The highest BCUT2D eigenvalue weighted by Gasteiger charge is 2.11. The Balaban J connectivity index is -0.00000141. The number of allylic oxidation sites excluding steroid dienone is 2. The number of nitrogens with zero attached hydrogens (tertiary/aromatic N) is 2. The largest absolute Gasteiger partial charge is 0.388 e. The third kappa shape index (κ3) is 22.5. The summed E-state index contributed by atoms with van der Waals surface area (Å²) in [6.45, 7) is 17.8. The van der Waals surface area contributed by atoms with Crippen molar-refractivity contribution in [3.63, 3.8) is 0 Å². The maximum atomic E-state index is 12.6. The molecule has 9 heteroatoms. The standard InChI is InChI=1S/C27H29N3O3S.C3H6S.C2H6O.2C2H6/c1-4-5-9-18-34-21(2)22-12-14-24(15-13-22)27(33)29-25(20-32)19-28-26(30(3)16-17-31)23-10-7-6-8-11-23;1-3-4-2;1-3-2;2*1-2/h6-15,17-20H,2,4-5,16H2,1,3H3,(H,29,33);3H,1H2,2H3;1-2H3;2*1-2H3/b18-9-,25-19+,28-26?;;;;. The van der Waals surface area contributed by atoms with Gasteiger partial charge in [-0.25, -0.2) is 4.99 Å². The van der Waals surface area contributed by atoms with Gasteiger partial charge in [0.2, 0.25) is 0 Å². The van der Waals surface area contributed by atoms with E-state index in [1.165, 1.54) is 18.0 Å². The van der Waals surface area contributed by atoms with E-state index in [0.29, 0.717) is 17.7 Å². The minimum atomic E-state index is -0.427. The Kier molecular flexibility index (Phi) is 33.8. The van der Waals surface area contributed by atoms with Crippen molar-refractivity contribution in [3.05, 3.63) is 113 Å². The van der Waals surface area contributed by atoms with Crippen LogP contribution in [-0.4, -0.2) is 63.3 Å². The van der Waals surface area contributed by atoms with Gasteiger partial charge < -0.3 is 19.7 Å². The molecule has 45 heavy (non-hydrogen) atoms. The topological polar surface area (TPSA) is 88.1 Å². The zero-order chi connectivity index (χ0) is 34.9. The number of carbonyl (C=O) groups is 3. The predicted octanol–water partition coefficient (Wildman–Crippen LogP) is 8.86. The molecule has 248 valence electrons. The summed E-state index contributed by atoms with van der Waals surface area (Å²) in [4.78, 5) is 42.1. The smallest absolute Gasteiger partial charge is 0.255 e. The first-order valence-corrected chi connectivity index (χ1v) is 16.9. The molecule has 2 aromatic carbocycles. The average Bonchev–Trinajstić information content (AvgIpc) is 3.09. The fourth-order valence-corrected chi connectivity index (χ4v) is 3.51. The normalized spacial score (nSPS) is 10.2. The number of aldehydes is 2. The molecule has 0 saturated heterocycles. The zero-order valence-corrected chi connectivity index (χ0v) is 30.2. The van der Waals surface area contributed by atoms with Crippen LogP contribution in [0.2, 0.25) is 0 Å². The second kappa shape index (κ2) is 33.2. The number of amides is 1. The lowest BCUT2D eigenvalue weighted by Crippen LogP contribution is -2.29. The lowest BCUT2D eigenvalue weighted by Gasteiger charge is -2.18. The van der Waals surface area contributed by atoms with Crippen molar-refractivity contribution in [1.82, 2.24) is 10.2 Å². The fourth-order valence-electron chi connectivity index (χ4n) is 2.85. The number of nitrogens with one attached hydrogen (secondary N) is 1. The van der Waals surface area contributed by atoms with Gasteiger partial charge in [-0.05, 0) is 41.2 Å². The molecular formula is C36H53N3O4S2. The third-order valence-electron chi connectivity index (χ3n) is 4.85. The van der Waals surface area contributed by atoms with E-state index in [-0.39, 0.29) is 12.2 Å². The number of amidine groups is 1. The van der Waals surface area contributed by atoms with E-state index in [0.717, 1.165) is 35.2 Å². The van der Waals surface area contributed by atoms with Crippen LogP contribution >= 0.6 is 23.5 Å². The van der Waals surface area contributed by atoms with Crippen LogP contribution in [0.5, 0.6) is 0 Å². The summed E-state index contributed by atoms with van der Waals surface area (Å²) < 4.78 is 4.25. The number of methoxy groups -OCH3 is 1. The van der Waals surface area contributed by atoms with E-state index in [2.05, 4.69) is 41.2 Å². The van der Waals surface area contributed by atoms with Crippen LogP contribution in [0, 0.1) is 0 Å². The van der Waals surface area contributed by atoms with Crippen molar-refractivity contribution in [2.75, 3.05) is 34.1 Å². The molecule has 0 unspecified atom stereocenters. The molecule has 0 aliphatic carbocycles. The first kappa shape index (κ1) is 45.8. The summed E-state index contributed by atoms with van der Waals surface area (Å²) >= 11 is 3.16. The third-order valence-corrected chi connectivity index (χ3v) is 6.03. The molecule has 0 radical (unpaired) electrons. The number of rotatable bonds is 13. The van der Waals surface area contributed by atoms with Gasteiger partial charge in [-0.1, -0.05) is 114 Å². The summed E-state index contributed by atoms with van der Waals surface area (Å²) in [5.41, 5.74) is 2.10. The van der Waals surface area contributed by atoms with E-state index in [1.807, 2.05) is 81.8 Å². The van der Waals surface area contributed by atoms with Gasteiger partial charge in [-0.15, -0.1) is 11.8 Å². The van der Waals surface area contributed by atoms with Crippen LogP contribution in [0.4, 0.5) is 0 Å². The SMILES string of the molecule is C=C(S/C=C\CCC)c1ccc(C(=O)N/C(C=O)=C/N=C(c2ccccc2)N(C)CC=O)cc1.C=CSC.CC.CC.COC. The molecule has 0 aliphatic rings. The molecule has 1 N–H and O–H groups in total. The van der Waals surface area contributed by atoms with Crippen LogP contribution in [0.1, 0.15) is 68.9 Å². The number of ether oxygens (including phenoxy) is 1. The minimum Gasteiger partial charge on any atom is -0.388 e. The zero-order valence-electron chi connectivity index (χ0n) is 28.5. The Bertz CT molecular complexity index is 1160. The first-order valence-electron chi connectivity index (χ1n) is 14.7. The average molecular weight is 656 g/mol. The summed E-state index contributed by atoms with van der Waals surface area (Å²) in [7, 11) is 4.97. The Morgan fingerprint density at radius 1 is 0.978 bits per heavy atom. The maximum absolute atomic E-state index is 12.6. The number of hydrogen-bond donors (Lipinski definition) is 1. The molecule has 1 amide bonds. The molecule has 0 atom stereocenters. The molecule has 2 rings (SSSR count). The van der Waals surface area contributed by atoms with Crippen molar-refractivity contribution >= 4 is 52.7 Å². The number of likely N-dealkylation sites (N-methyl/N-ethyl adjacent to an activating group) is 1. The van der Waals surface area contributed by atoms with E-state index in [4.69, 9.17) is 0 Å². The number of unbranched alkanes of at least 4 members (excludes halogenated alkanes) is 1. The molecular weight excluding hydrogens is 603 g/mol. The molecule has 0 bridgehead atoms. The van der Waals surface area contributed by atoms with Crippen molar-refractivity contribution in [3.8, 4) is 0 Å². The van der Waals surface area contributed by atoms with Crippen molar-refractivity contribution in [2.24, 2.45) is 4.99 Å². The second-order valence-corrected chi connectivity index (χ2v) is 9.92. The van der Waals surface area contributed by atoms with Gasteiger partial charge in [-0.2, -0.15) is 0 Å². The van der Waals surface area contributed by atoms with E-state index >= 15 is 0 Å². The predicted molar refractivity (Wildman–Crippen MR) is 200 cm³/mol. The fraction of sp³-hybridized carbons (Fsp3) is 0.333. The minimum absolute atomic E-state index is 0.00281. The van der Waals surface area contributed by atoms with Crippen molar-refractivity contribution in [2.45, 2.75) is 47.5 Å². The molecule has 0 fully saturated rings. The van der Waals surface area contributed by atoms with Gasteiger partial charge in [0.25, 0.3) is 5.91 Å². The lowest BCUT2D eigenvalue weighted by atomic mass is 10.1. The number of carbonyl (C=O) groups excluding carboxylic acids is 3. The molecule has 0 aromatic heterocycles. The van der Waals surface area contributed by atoms with Gasteiger partial charge in [0.15, 0.2) is 6.29 Å². The number of benzene rings is 2. The highest BCUT2D eigenvalue weighted by atomic mass is 32.2. The van der Waals surface area contributed by atoms with Crippen molar-refractivity contribution in [1.29, 1.82) is 0 Å². The van der Waals surface area contributed by atoms with Crippen molar-refractivity contribution < 1.29 is 19.1 Å². The first-order chi connectivity index (χ1) is 21.8. The Labute approximate surface area is 281 Å². The van der Waals surface area contributed by atoms with Crippen LogP contribution in [0.3, 0.4) is 0 Å². The Morgan fingerprint density at radius 2 is 1.51 bits per heavy atom. The molecule has 7 nitrogen and oxygen atoms in total. The molecule has 0 aliphatic heterocycles. The molecule has 0 saturated carbocycles. The van der Waals surface area contributed by atoms with Gasteiger partial charge in [0.05, 0.1) is 18.4 Å². The van der Waals surface area contributed by atoms with Gasteiger partial charge in [0, 0.05) is 37.3 Å². The van der Waals surface area contributed by atoms with Gasteiger partial charge in [-0.3, -0.25) is 9.59 Å². The molecule has 2 aromatic rings. The summed E-state index contributed by atoms with van der Waals surface area (Å²) in [5.74, 6) is 0.0679. The lowest BCUT2D eigenvalue weighted by molar-refractivity contribution is -0.108. The van der Waals surface area contributed by atoms with E-state index in [1.54, 1.807) is 55.5 Å². The number of hydrogen-bond acceptors (Lipinski definition) is 7. The van der Waals surface area contributed by atoms with E-state index < -0.39 is 5.91 Å². The van der Waals surface area contributed by atoms with Crippen LogP contribution < -0.4 is 5.32 Å². The summed E-state index contributed by atoms with van der Waals surface area (Å²) in [6, 6.07) is 16.3. The monoisotopic (exact) mass is 655 g/mol.